The Morgan fingerprint density at radius 1 is 1.11 bits per heavy atom. The van der Waals surface area contributed by atoms with E-state index in [1.807, 2.05) is 0 Å². The van der Waals surface area contributed by atoms with E-state index in [4.69, 9.17) is 0 Å². The van der Waals surface area contributed by atoms with E-state index in [9.17, 15) is 23.5 Å². The number of nitrogens with one attached hydrogen (secondary N) is 3. The van der Waals surface area contributed by atoms with E-state index < -0.39 is 35.2 Å². The Labute approximate surface area is 208 Å². The van der Waals surface area contributed by atoms with Gasteiger partial charge in [0.1, 0.15) is 17.3 Å². The van der Waals surface area contributed by atoms with Crippen molar-refractivity contribution in [2.45, 2.75) is 57.2 Å². The van der Waals surface area contributed by atoms with Crippen LogP contribution in [-0.4, -0.2) is 34.7 Å². The summed E-state index contributed by atoms with van der Waals surface area (Å²) in [5.74, 6) is -2.06. The topological polar surface area (TPSA) is 94.2 Å². The number of aliphatic hydroxyl groups excluding tert-OH is 1. The molecule has 190 valence electrons. The first-order valence-electron chi connectivity index (χ1n) is 12.3. The lowest BCUT2D eigenvalue weighted by molar-refractivity contribution is 0.0818. The van der Waals surface area contributed by atoms with Crippen LogP contribution in [0.1, 0.15) is 58.5 Å². The number of benzene rings is 2. The third kappa shape index (κ3) is 6.44. The van der Waals surface area contributed by atoms with Crippen LogP contribution in [-0.2, 0) is 19.3 Å². The first-order valence-corrected chi connectivity index (χ1v) is 12.3. The molecule has 3 atom stereocenters. The second-order valence-corrected chi connectivity index (χ2v) is 9.30. The van der Waals surface area contributed by atoms with Crippen molar-refractivity contribution in [3.05, 3.63) is 105 Å². The number of aromatic nitrogens is 1. The lowest BCUT2D eigenvalue weighted by Crippen LogP contribution is -2.49. The van der Waals surface area contributed by atoms with Gasteiger partial charge in [-0.25, -0.2) is 8.78 Å². The van der Waals surface area contributed by atoms with Crippen LogP contribution < -0.4 is 16.2 Å². The SMILES string of the molecule is CCc1ccc2c(c1)[C@@H](NC[C@@H](O)[C@H](Cc1cc(F)cc(F)c1)NC(=O)c1cccc(=O)[nH]1)CCC2. The van der Waals surface area contributed by atoms with Gasteiger partial charge in [-0.1, -0.05) is 31.2 Å². The fraction of sp³-hybridized carbons (Fsp3) is 0.357. The molecule has 3 aromatic rings. The zero-order valence-electron chi connectivity index (χ0n) is 20.2. The van der Waals surface area contributed by atoms with E-state index in [0.29, 0.717) is 5.56 Å². The van der Waals surface area contributed by atoms with E-state index in [0.717, 1.165) is 31.7 Å². The van der Waals surface area contributed by atoms with Gasteiger partial charge in [-0.05, 0) is 72.6 Å². The summed E-state index contributed by atoms with van der Waals surface area (Å²) in [6, 6.07) is 13.0. The van der Waals surface area contributed by atoms with Crippen molar-refractivity contribution in [3.63, 3.8) is 0 Å². The average Bonchev–Trinajstić information content (AvgIpc) is 2.85. The molecule has 0 aliphatic heterocycles. The number of amides is 1. The molecule has 6 nitrogen and oxygen atoms in total. The van der Waals surface area contributed by atoms with Gasteiger partial charge in [0.25, 0.3) is 5.91 Å². The number of halogens is 2. The number of hydrogen-bond donors (Lipinski definition) is 4. The highest BCUT2D eigenvalue weighted by Gasteiger charge is 2.26. The van der Waals surface area contributed by atoms with Crippen LogP contribution in [0.3, 0.4) is 0 Å². The number of rotatable bonds is 9. The normalized spacial score (nSPS) is 16.7. The van der Waals surface area contributed by atoms with Gasteiger partial charge in [0.15, 0.2) is 0 Å². The number of H-pyrrole nitrogens is 1. The van der Waals surface area contributed by atoms with Crippen LogP contribution in [0, 0.1) is 11.6 Å². The van der Waals surface area contributed by atoms with Gasteiger partial charge in [-0.15, -0.1) is 0 Å². The Morgan fingerprint density at radius 3 is 2.61 bits per heavy atom. The minimum atomic E-state index is -1.06. The largest absolute Gasteiger partial charge is 0.390 e. The molecule has 0 fully saturated rings. The maximum absolute atomic E-state index is 13.8. The Kier molecular flexibility index (Phi) is 8.28. The van der Waals surface area contributed by atoms with Gasteiger partial charge >= 0.3 is 0 Å². The number of hydrogen-bond acceptors (Lipinski definition) is 4. The Balaban J connectivity index is 1.51. The maximum Gasteiger partial charge on any atom is 0.268 e. The number of pyridine rings is 1. The lowest BCUT2D eigenvalue weighted by atomic mass is 9.86. The Morgan fingerprint density at radius 2 is 1.89 bits per heavy atom. The van der Waals surface area contributed by atoms with E-state index in [2.05, 4.69) is 40.7 Å². The fourth-order valence-electron chi connectivity index (χ4n) is 4.78. The monoisotopic (exact) mass is 495 g/mol. The molecule has 1 aliphatic rings. The molecule has 8 heteroatoms. The Hall–Kier alpha value is -3.36. The van der Waals surface area contributed by atoms with E-state index in [1.54, 1.807) is 0 Å². The van der Waals surface area contributed by atoms with Gasteiger partial charge in [-0.2, -0.15) is 0 Å². The standard InChI is InChI=1S/C28H31F2N3O3/c1-2-17-9-10-19-5-3-6-23(22(19)13-17)31-16-26(34)25(14-18-11-20(29)15-21(30)12-18)33-28(36)24-7-4-8-27(35)32-24/h4,7-13,15,23,25-26,31,34H,2-3,5-6,14,16H2,1H3,(H,32,35)(H,33,36)/t23-,25-,26+/m0/s1. The molecule has 0 spiro atoms. The molecule has 1 amide bonds. The predicted octanol–water partition coefficient (Wildman–Crippen LogP) is 3.58. The summed E-state index contributed by atoms with van der Waals surface area (Å²) in [6.45, 7) is 2.27. The molecular weight excluding hydrogens is 464 g/mol. The smallest absolute Gasteiger partial charge is 0.268 e. The van der Waals surface area contributed by atoms with Gasteiger partial charge in [0.05, 0.1) is 12.1 Å². The van der Waals surface area contributed by atoms with Crippen molar-refractivity contribution < 1.29 is 18.7 Å². The molecule has 4 N–H and O–H groups in total. The summed E-state index contributed by atoms with van der Waals surface area (Å²) in [5.41, 5.74) is 3.66. The minimum Gasteiger partial charge on any atom is -0.390 e. The van der Waals surface area contributed by atoms with Gasteiger partial charge in [0, 0.05) is 24.7 Å². The van der Waals surface area contributed by atoms with Crippen molar-refractivity contribution in [2.24, 2.45) is 0 Å². The summed E-state index contributed by atoms with van der Waals surface area (Å²) < 4.78 is 27.6. The van der Waals surface area contributed by atoms with Gasteiger partial charge in [0.2, 0.25) is 5.56 Å². The van der Waals surface area contributed by atoms with Crippen LogP contribution in [0.4, 0.5) is 8.78 Å². The van der Waals surface area contributed by atoms with Crippen molar-refractivity contribution in [2.75, 3.05) is 6.54 Å². The number of carbonyl (C=O) groups is 1. The molecule has 1 aliphatic carbocycles. The van der Waals surface area contributed by atoms with Gasteiger partial charge < -0.3 is 20.7 Å². The van der Waals surface area contributed by atoms with Crippen LogP contribution in [0.15, 0.2) is 59.4 Å². The quantitative estimate of drug-likeness (QED) is 0.365. The average molecular weight is 496 g/mol. The predicted molar refractivity (Wildman–Crippen MR) is 134 cm³/mol. The zero-order chi connectivity index (χ0) is 25.7. The van der Waals surface area contributed by atoms with Gasteiger partial charge in [-0.3, -0.25) is 9.59 Å². The highest BCUT2D eigenvalue weighted by molar-refractivity contribution is 5.92. The fourth-order valence-corrected chi connectivity index (χ4v) is 4.78. The van der Waals surface area contributed by atoms with Crippen molar-refractivity contribution in [3.8, 4) is 0 Å². The van der Waals surface area contributed by atoms with E-state index in [1.165, 1.54) is 47.0 Å². The molecule has 36 heavy (non-hydrogen) atoms. The second-order valence-electron chi connectivity index (χ2n) is 9.30. The molecule has 4 rings (SSSR count). The molecular formula is C28H31F2N3O3. The molecule has 1 heterocycles. The molecule has 0 unspecified atom stereocenters. The van der Waals surface area contributed by atoms with E-state index >= 15 is 0 Å². The number of aromatic amines is 1. The summed E-state index contributed by atoms with van der Waals surface area (Å²) in [4.78, 5) is 26.9. The highest BCUT2D eigenvalue weighted by atomic mass is 19.1. The van der Waals surface area contributed by atoms with Crippen LogP contribution in [0.25, 0.3) is 0 Å². The molecule has 0 saturated carbocycles. The van der Waals surface area contributed by atoms with E-state index in [-0.39, 0.29) is 24.7 Å². The number of aryl methyl sites for hydroxylation is 2. The molecule has 0 radical (unpaired) electrons. The lowest BCUT2D eigenvalue weighted by Gasteiger charge is -2.30. The van der Waals surface area contributed by atoms with Crippen molar-refractivity contribution >= 4 is 5.91 Å². The summed E-state index contributed by atoms with van der Waals surface area (Å²) in [7, 11) is 0. The van der Waals surface area contributed by atoms with Crippen LogP contribution >= 0.6 is 0 Å². The van der Waals surface area contributed by atoms with Crippen molar-refractivity contribution in [1.29, 1.82) is 0 Å². The Bertz CT molecular complexity index is 1260. The third-order valence-corrected chi connectivity index (χ3v) is 6.68. The highest BCUT2D eigenvalue weighted by Crippen LogP contribution is 2.30. The summed E-state index contributed by atoms with van der Waals surface area (Å²) in [6.07, 6.45) is 2.83. The first-order chi connectivity index (χ1) is 17.3. The number of aliphatic hydroxyl groups is 1. The van der Waals surface area contributed by atoms with Crippen LogP contribution in [0.2, 0.25) is 0 Å². The number of carbonyl (C=O) groups excluding carboxylic acids is 1. The molecule has 1 aromatic heterocycles. The maximum atomic E-state index is 13.8. The zero-order valence-corrected chi connectivity index (χ0v) is 20.2. The summed E-state index contributed by atoms with van der Waals surface area (Å²) in [5, 5.41) is 17.3. The molecule has 0 bridgehead atoms. The molecule has 0 saturated heterocycles. The minimum absolute atomic E-state index is 0.00156. The third-order valence-electron chi connectivity index (χ3n) is 6.68. The van der Waals surface area contributed by atoms with Crippen molar-refractivity contribution in [1.82, 2.24) is 15.6 Å². The first kappa shape index (κ1) is 25.7. The summed E-state index contributed by atoms with van der Waals surface area (Å²) >= 11 is 0. The number of fused-ring (bicyclic) bond motifs is 1. The molecule has 2 aromatic carbocycles. The van der Waals surface area contributed by atoms with Crippen LogP contribution in [0.5, 0.6) is 0 Å². The second kappa shape index (κ2) is 11.6.